The van der Waals surface area contributed by atoms with Crippen LogP contribution in [0.5, 0.6) is 0 Å². The molecule has 2 aliphatic rings. The van der Waals surface area contributed by atoms with Crippen LogP contribution in [0.25, 0.3) is 33.4 Å². The van der Waals surface area contributed by atoms with E-state index in [0.29, 0.717) is 11.1 Å². The minimum atomic E-state index is -1.09. The Labute approximate surface area is 422 Å². The molecule has 0 bridgehead atoms. The lowest BCUT2D eigenvalue weighted by molar-refractivity contribution is 0.0697. The number of hydrogen-bond donors (Lipinski definition) is 4. The van der Waals surface area contributed by atoms with E-state index in [1.54, 1.807) is 30.6 Å². The maximum Gasteiger partial charge on any atom is 0.337 e. The van der Waals surface area contributed by atoms with Crippen LogP contribution in [0.1, 0.15) is 80.7 Å². The molecule has 11 heteroatoms. The van der Waals surface area contributed by atoms with Gasteiger partial charge < -0.3 is 31.3 Å². The lowest BCUT2D eigenvalue weighted by atomic mass is 10.0. The van der Waals surface area contributed by atoms with Crippen LogP contribution in [0.4, 0.5) is 28.7 Å². The summed E-state index contributed by atoms with van der Waals surface area (Å²) in [7, 11) is 0. The van der Waals surface area contributed by atoms with Gasteiger partial charge in [0.1, 0.15) is 11.6 Å². The second-order valence-electron chi connectivity index (χ2n) is 18.1. The average molecular weight is 956 g/mol. The number of carboxylic acid groups (broad SMARTS) is 1. The van der Waals surface area contributed by atoms with Crippen molar-refractivity contribution in [3.8, 4) is 33.4 Å². The van der Waals surface area contributed by atoms with E-state index in [2.05, 4.69) is 72.9 Å². The van der Waals surface area contributed by atoms with Crippen LogP contribution in [0.2, 0.25) is 0 Å². The van der Waals surface area contributed by atoms with Crippen molar-refractivity contribution >= 4 is 46.5 Å². The van der Waals surface area contributed by atoms with Crippen LogP contribution < -0.4 is 26.2 Å². The normalized spacial score (nSPS) is 13.1. The summed E-state index contributed by atoms with van der Waals surface area (Å²) in [5.74, 6) is 0.206. The fourth-order valence-electron chi connectivity index (χ4n) is 8.71. The Morgan fingerprint density at radius 3 is 1.28 bits per heavy atom. The summed E-state index contributed by atoms with van der Waals surface area (Å²) >= 11 is 0. The van der Waals surface area contributed by atoms with Crippen molar-refractivity contribution in [1.82, 2.24) is 9.97 Å². The Kier molecular flexibility index (Phi) is 16.8. The van der Waals surface area contributed by atoms with Gasteiger partial charge in [0.25, 0.3) is 11.8 Å². The van der Waals surface area contributed by atoms with E-state index in [1.807, 2.05) is 117 Å². The predicted molar refractivity (Wildman–Crippen MR) is 293 cm³/mol. The first-order valence-corrected chi connectivity index (χ1v) is 24.6. The lowest BCUT2D eigenvalue weighted by Crippen LogP contribution is -2.30. The van der Waals surface area contributed by atoms with E-state index >= 15 is 0 Å². The van der Waals surface area contributed by atoms with Crippen molar-refractivity contribution < 1.29 is 19.5 Å². The number of rotatable bonds is 10. The first-order valence-electron chi connectivity index (χ1n) is 24.6. The van der Waals surface area contributed by atoms with Gasteiger partial charge in [-0.15, -0.1) is 0 Å². The van der Waals surface area contributed by atoms with Gasteiger partial charge in [0.2, 0.25) is 0 Å². The van der Waals surface area contributed by atoms with E-state index in [4.69, 9.17) is 5.73 Å². The molecule has 0 unspecified atom stereocenters. The minimum Gasteiger partial charge on any atom is -0.478 e. The van der Waals surface area contributed by atoms with Crippen LogP contribution in [0.3, 0.4) is 0 Å². The van der Waals surface area contributed by atoms with Gasteiger partial charge in [0.05, 0.1) is 22.4 Å². The van der Waals surface area contributed by atoms with Gasteiger partial charge >= 0.3 is 5.97 Å². The highest BCUT2D eigenvalue weighted by atomic mass is 16.4. The monoisotopic (exact) mass is 955 g/mol. The molecule has 0 atom stereocenters. The molecule has 11 nitrogen and oxygen atoms in total. The van der Waals surface area contributed by atoms with Crippen molar-refractivity contribution in [2.75, 3.05) is 52.3 Å². The number of nitrogens with one attached hydrogen (secondary N) is 2. The molecule has 2 amide bonds. The van der Waals surface area contributed by atoms with Crippen molar-refractivity contribution in [2.24, 2.45) is 0 Å². The predicted octanol–water partition coefficient (Wildman–Crippen LogP) is 13.2. The average Bonchev–Trinajstić information content (AvgIpc) is 3.44. The van der Waals surface area contributed by atoms with Gasteiger partial charge in [-0.25, -0.2) is 14.8 Å². The van der Waals surface area contributed by atoms with Crippen molar-refractivity contribution in [3.05, 3.63) is 210 Å². The number of anilines is 5. The maximum absolute atomic E-state index is 12.8. The third-order valence-electron chi connectivity index (χ3n) is 13.0. The zero-order chi connectivity index (χ0) is 50.2. The molecule has 10 rings (SSSR count). The number of carbonyl (C=O) groups is 3. The summed E-state index contributed by atoms with van der Waals surface area (Å²) in [6.45, 7) is 8.07. The van der Waals surface area contributed by atoms with Gasteiger partial charge in [0.15, 0.2) is 0 Å². The molecule has 6 aromatic carbocycles. The molecule has 0 aliphatic carbocycles. The number of amides is 2. The molecule has 2 saturated heterocycles. The van der Waals surface area contributed by atoms with Gasteiger partial charge in [-0.1, -0.05) is 121 Å². The number of aryl methyl sites for hydroxylation is 2. The van der Waals surface area contributed by atoms with E-state index in [0.717, 1.165) is 95.4 Å². The summed E-state index contributed by atoms with van der Waals surface area (Å²) in [5.41, 5.74) is 17.3. The first-order chi connectivity index (χ1) is 35.1. The van der Waals surface area contributed by atoms with Crippen LogP contribution in [-0.4, -0.2) is 59.0 Å². The molecular weight excluding hydrogens is 895 g/mol. The first kappa shape index (κ1) is 49.8. The number of nitrogens with two attached hydrogens (primary N) is 1. The number of piperidine rings is 2. The molecule has 2 aromatic heterocycles. The number of aromatic carboxylic acids is 1. The quantitative estimate of drug-likeness (QED) is 0.0981. The van der Waals surface area contributed by atoms with E-state index < -0.39 is 5.97 Å². The SMILES string of the molecule is Cc1ccc(-c2ccccc2)cc1N.Cc1ccc(-c2ccccc2)cc1NC(=O)c1ccc(N2CCCCC2)nc1.O=C(Nc1cc(-c2ccccc2)ccc1C(=O)O)c1ccc(N2CCCCC2)nc1. The smallest absolute Gasteiger partial charge is 0.337 e. The molecule has 0 radical (unpaired) electrons. The van der Waals surface area contributed by atoms with E-state index in [1.165, 1.54) is 42.9 Å². The van der Waals surface area contributed by atoms with Gasteiger partial charge in [0, 0.05) is 49.9 Å². The highest BCUT2D eigenvalue weighted by molar-refractivity contribution is 6.08. The third kappa shape index (κ3) is 13.2. The molecule has 0 saturated carbocycles. The largest absolute Gasteiger partial charge is 0.478 e. The second-order valence-corrected chi connectivity index (χ2v) is 18.1. The number of nitrogen functional groups attached to an aromatic ring is 1. The van der Waals surface area contributed by atoms with Crippen molar-refractivity contribution in [2.45, 2.75) is 52.4 Å². The van der Waals surface area contributed by atoms with Crippen LogP contribution in [0.15, 0.2) is 182 Å². The van der Waals surface area contributed by atoms with Gasteiger partial charge in [-0.05, 0) is 145 Å². The van der Waals surface area contributed by atoms with Crippen molar-refractivity contribution in [1.29, 1.82) is 0 Å². The fraction of sp³-hybridized carbons (Fsp3) is 0.197. The zero-order valence-electron chi connectivity index (χ0n) is 40.9. The number of nitrogens with zero attached hydrogens (tertiary/aromatic N) is 4. The van der Waals surface area contributed by atoms with Gasteiger partial charge in [-0.2, -0.15) is 0 Å². The number of aromatic nitrogens is 2. The van der Waals surface area contributed by atoms with E-state index in [9.17, 15) is 19.5 Å². The zero-order valence-corrected chi connectivity index (χ0v) is 40.9. The fourth-order valence-corrected chi connectivity index (χ4v) is 8.71. The van der Waals surface area contributed by atoms with Gasteiger partial charge in [-0.3, -0.25) is 9.59 Å². The number of carbonyl (C=O) groups excluding carboxylic acids is 2. The van der Waals surface area contributed by atoms with Crippen LogP contribution >= 0.6 is 0 Å². The van der Waals surface area contributed by atoms with Crippen LogP contribution in [0, 0.1) is 13.8 Å². The van der Waals surface area contributed by atoms with Crippen molar-refractivity contribution in [3.63, 3.8) is 0 Å². The topological polar surface area (TPSA) is 154 Å². The standard InChI is InChI=1S/C24H23N3O3.C24H25N3O.C13H13N/c28-23(19-10-12-22(25-16-19)27-13-5-2-6-14-27)26-21-15-18(9-11-20(21)24(29)30)17-7-3-1-4-8-17;1-18-10-11-20(19-8-4-2-5-9-19)16-22(18)26-24(28)21-12-13-23(25-17-21)27-14-6-3-7-15-27;1-10-7-8-12(9-13(10)14)11-5-3-2-4-6-11/h1,3-4,7-12,15-16H,2,5-6,13-14H2,(H,26,28)(H,29,30);2,4-5,8-13,16-17H,3,6-7,14-15H2,1H3,(H,26,28);2-9H,14H2,1H3. The highest BCUT2D eigenvalue weighted by Crippen LogP contribution is 2.29. The minimum absolute atomic E-state index is 0.0425. The lowest BCUT2D eigenvalue weighted by Gasteiger charge is -2.27. The summed E-state index contributed by atoms with van der Waals surface area (Å²) < 4.78 is 0. The summed E-state index contributed by atoms with van der Waals surface area (Å²) in [4.78, 5) is 50.6. The van der Waals surface area contributed by atoms with Crippen LogP contribution in [-0.2, 0) is 0 Å². The Morgan fingerprint density at radius 2 is 0.861 bits per heavy atom. The number of hydrogen-bond acceptors (Lipinski definition) is 8. The number of carboxylic acids is 1. The molecular formula is C61H61N7O4. The summed E-state index contributed by atoms with van der Waals surface area (Å²) in [6.07, 6.45) is 10.5. The molecule has 72 heavy (non-hydrogen) atoms. The Morgan fingerprint density at radius 1 is 0.458 bits per heavy atom. The molecule has 2 fully saturated rings. The summed E-state index contributed by atoms with van der Waals surface area (Å²) in [6, 6.07) is 54.7. The van der Waals surface area contributed by atoms with E-state index in [-0.39, 0.29) is 23.1 Å². The highest BCUT2D eigenvalue weighted by Gasteiger charge is 2.18. The molecule has 364 valence electrons. The summed E-state index contributed by atoms with van der Waals surface area (Å²) in [5, 5.41) is 15.3. The Balaban J connectivity index is 0.000000154. The maximum atomic E-state index is 12.8. The third-order valence-corrected chi connectivity index (χ3v) is 13.0. The Hall–Kier alpha value is -8.57. The molecule has 5 N–H and O–H groups in total. The number of pyridine rings is 2. The Bertz CT molecular complexity index is 3060. The molecule has 2 aliphatic heterocycles. The number of benzene rings is 6. The molecule has 0 spiro atoms. The second kappa shape index (κ2) is 24.3. The molecule has 8 aromatic rings. The molecule has 4 heterocycles.